The molecule has 1 fully saturated rings. The van der Waals surface area contributed by atoms with Gasteiger partial charge in [-0.25, -0.2) is 9.37 Å². The number of morpholine rings is 1. The molecule has 0 bridgehead atoms. The zero-order valence-corrected chi connectivity index (χ0v) is 19.9. The zero-order chi connectivity index (χ0) is 24.1. The van der Waals surface area contributed by atoms with E-state index in [4.69, 9.17) is 9.47 Å². The minimum absolute atomic E-state index is 0.0333. The normalized spacial score (nSPS) is 16.7. The van der Waals surface area contributed by atoms with Crippen LogP contribution in [0.4, 0.5) is 4.39 Å². The molecule has 0 unspecified atom stereocenters. The molecular formula is C26H31FN4O3. The van der Waals surface area contributed by atoms with Crippen LogP contribution < -0.4 is 4.74 Å². The van der Waals surface area contributed by atoms with Crippen LogP contribution in [0.3, 0.4) is 0 Å². The van der Waals surface area contributed by atoms with Gasteiger partial charge in [-0.2, -0.15) is 0 Å². The molecule has 1 amide bonds. The van der Waals surface area contributed by atoms with Gasteiger partial charge in [-0.15, -0.1) is 0 Å². The molecule has 34 heavy (non-hydrogen) atoms. The molecule has 1 atom stereocenters. The van der Waals surface area contributed by atoms with E-state index >= 15 is 0 Å². The van der Waals surface area contributed by atoms with E-state index in [-0.39, 0.29) is 5.91 Å². The monoisotopic (exact) mass is 466 g/mol. The Morgan fingerprint density at radius 3 is 2.94 bits per heavy atom. The molecule has 0 saturated carbocycles. The highest BCUT2D eigenvalue weighted by atomic mass is 19.1. The third-order valence-electron chi connectivity index (χ3n) is 5.84. The standard InChI is InChI=1S/C26H31FN4O3/c1-18(2)14-31(15-19-6-7-23-20(11-19)5-4-8-28-23)26(32)24-17-30(9-10-34-24)16-21-12-22(27)13-29-25(21)33-3/h4-8,11-13,18,24H,9-10,14-17H2,1-3H3/t24-/m1/s1. The number of fused-ring (bicyclic) bond motifs is 1. The molecule has 2 aromatic heterocycles. The number of nitrogens with zero attached hydrogens (tertiary/aromatic N) is 4. The maximum atomic E-state index is 13.7. The van der Waals surface area contributed by atoms with Crippen molar-refractivity contribution in [3.8, 4) is 5.88 Å². The minimum Gasteiger partial charge on any atom is -0.481 e. The number of aromatic nitrogens is 2. The highest BCUT2D eigenvalue weighted by Gasteiger charge is 2.31. The van der Waals surface area contributed by atoms with Crippen molar-refractivity contribution < 1.29 is 18.7 Å². The van der Waals surface area contributed by atoms with Gasteiger partial charge in [0, 0.05) is 49.9 Å². The van der Waals surface area contributed by atoms with Crippen LogP contribution in [0, 0.1) is 11.7 Å². The van der Waals surface area contributed by atoms with E-state index in [2.05, 4.69) is 34.8 Å². The average Bonchev–Trinajstić information content (AvgIpc) is 2.83. The van der Waals surface area contributed by atoms with Gasteiger partial charge < -0.3 is 14.4 Å². The lowest BCUT2D eigenvalue weighted by Gasteiger charge is -2.35. The van der Waals surface area contributed by atoms with Crippen molar-refractivity contribution in [2.75, 3.05) is 33.4 Å². The van der Waals surface area contributed by atoms with Gasteiger partial charge in [0.2, 0.25) is 5.88 Å². The molecule has 3 heterocycles. The summed E-state index contributed by atoms with van der Waals surface area (Å²) in [4.78, 5) is 25.9. The lowest BCUT2D eigenvalue weighted by Crippen LogP contribution is -2.51. The maximum absolute atomic E-state index is 13.7. The Hall–Kier alpha value is -3.10. The fraction of sp³-hybridized carbons (Fsp3) is 0.423. The summed E-state index contributed by atoms with van der Waals surface area (Å²) in [5.74, 6) is 0.260. The number of hydrogen-bond donors (Lipinski definition) is 0. The first-order valence-corrected chi connectivity index (χ1v) is 11.6. The van der Waals surface area contributed by atoms with Gasteiger partial charge in [-0.3, -0.25) is 14.7 Å². The topological polar surface area (TPSA) is 67.8 Å². The summed E-state index contributed by atoms with van der Waals surface area (Å²) in [6.07, 6.45) is 2.33. The summed E-state index contributed by atoms with van der Waals surface area (Å²) in [6, 6.07) is 11.5. The number of carbonyl (C=O) groups excluding carboxylic acids is 1. The third kappa shape index (κ3) is 5.87. The van der Waals surface area contributed by atoms with Gasteiger partial charge in [0.05, 0.1) is 25.4 Å². The molecule has 0 aliphatic carbocycles. The number of amides is 1. The van der Waals surface area contributed by atoms with Crippen LogP contribution in [0.1, 0.15) is 25.0 Å². The molecule has 3 aromatic rings. The lowest BCUT2D eigenvalue weighted by molar-refractivity contribution is -0.151. The van der Waals surface area contributed by atoms with Crippen molar-refractivity contribution in [1.29, 1.82) is 0 Å². The van der Waals surface area contributed by atoms with Crippen molar-refractivity contribution in [1.82, 2.24) is 19.8 Å². The summed E-state index contributed by atoms with van der Waals surface area (Å²) in [5.41, 5.74) is 2.64. The lowest BCUT2D eigenvalue weighted by atomic mass is 10.1. The van der Waals surface area contributed by atoms with Crippen molar-refractivity contribution in [3.05, 3.63) is 65.7 Å². The van der Waals surface area contributed by atoms with E-state index < -0.39 is 11.9 Å². The number of halogens is 1. The Kier molecular flexibility index (Phi) is 7.70. The first-order chi connectivity index (χ1) is 16.4. The molecule has 0 spiro atoms. The zero-order valence-electron chi connectivity index (χ0n) is 19.9. The first-order valence-electron chi connectivity index (χ1n) is 11.6. The fourth-order valence-electron chi connectivity index (χ4n) is 4.32. The number of ether oxygens (including phenoxy) is 2. The molecule has 180 valence electrons. The van der Waals surface area contributed by atoms with Crippen LogP contribution in [-0.4, -0.2) is 65.1 Å². The second-order valence-corrected chi connectivity index (χ2v) is 9.06. The molecule has 4 rings (SSSR count). The van der Waals surface area contributed by atoms with Gasteiger partial charge >= 0.3 is 0 Å². The van der Waals surface area contributed by atoms with E-state index in [1.807, 2.05) is 29.2 Å². The molecule has 7 nitrogen and oxygen atoms in total. The van der Waals surface area contributed by atoms with Crippen LogP contribution in [0.2, 0.25) is 0 Å². The van der Waals surface area contributed by atoms with Crippen LogP contribution in [0.25, 0.3) is 10.9 Å². The number of pyridine rings is 2. The van der Waals surface area contributed by atoms with E-state index in [9.17, 15) is 9.18 Å². The molecule has 1 saturated heterocycles. The number of methoxy groups -OCH3 is 1. The third-order valence-corrected chi connectivity index (χ3v) is 5.84. The molecule has 1 aromatic carbocycles. The number of benzene rings is 1. The van der Waals surface area contributed by atoms with Gasteiger partial charge in [-0.05, 0) is 35.7 Å². The maximum Gasteiger partial charge on any atom is 0.253 e. The quantitative estimate of drug-likeness (QED) is 0.505. The Labute approximate surface area is 199 Å². The van der Waals surface area contributed by atoms with Crippen molar-refractivity contribution in [2.24, 2.45) is 5.92 Å². The summed E-state index contributed by atoms with van der Waals surface area (Å²) < 4.78 is 24.9. The number of hydrogen-bond acceptors (Lipinski definition) is 6. The van der Waals surface area contributed by atoms with Crippen molar-refractivity contribution in [2.45, 2.75) is 33.0 Å². The van der Waals surface area contributed by atoms with Crippen LogP contribution in [0.5, 0.6) is 5.88 Å². The van der Waals surface area contributed by atoms with Gasteiger partial charge in [0.25, 0.3) is 5.91 Å². The highest BCUT2D eigenvalue weighted by Crippen LogP contribution is 2.21. The largest absolute Gasteiger partial charge is 0.481 e. The van der Waals surface area contributed by atoms with Crippen molar-refractivity contribution >= 4 is 16.8 Å². The molecule has 0 radical (unpaired) electrons. The fourth-order valence-corrected chi connectivity index (χ4v) is 4.32. The first kappa shape index (κ1) is 24.0. The number of carbonyl (C=O) groups is 1. The predicted octanol–water partition coefficient (Wildman–Crippen LogP) is 3.66. The van der Waals surface area contributed by atoms with Crippen molar-refractivity contribution in [3.63, 3.8) is 0 Å². The highest BCUT2D eigenvalue weighted by molar-refractivity contribution is 5.82. The van der Waals surface area contributed by atoms with E-state index in [1.54, 1.807) is 6.20 Å². The smallest absolute Gasteiger partial charge is 0.253 e. The van der Waals surface area contributed by atoms with Crippen LogP contribution in [0.15, 0.2) is 48.8 Å². The summed E-state index contributed by atoms with van der Waals surface area (Å²) in [5, 5.41) is 1.05. The van der Waals surface area contributed by atoms with Gasteiger partial charge in [-0.1, -0.05) is 26.0 Å². The predicted molar refractivity (Wildman–Crippen MR) is 128 cm³/mol. The Morgan fingerprint density at radius 1 is 1.29 bits per heavy atom. The summed E-state index contributed by atoms with van der Waals surface area (Å²) in [6.45, 7) is 7.26. The molecule has 1 aliphatic rings. The second kappa shape index (κ2) is 10.9. The molecule has 0 N–H and O–H groups in total. The van der Waals surface area contributed by atoms with Gasteiger partial charge in [0.15, 0.2) is 0 Å². The van der Waals surface area contributed by atoms with E-state index in [0.717, 1.165) is 22.7 Å². The number of rotatable bonds is 8. The second-order valence-electron chi connectivity index (χ2n) is 9.06. The van der Waals surface area contributed by atoms with Crippen LogP contribution in [-0.2, 0) is 22.6 Å². The van der Waals surface area contributed by atoms with Gasteiger partial charge in [0.1, 0.15) is 11.9 Å². The van der Waals surface area contributed by atoms with E-state index in [0.29, 0.717) is 56.7 Å². The Morgan fingerprint density at radius 2 is 2.15 bits per heavy atom. The molecule has 8 heteroatoms. The average molecular weight is 467 g/mol. The Bertz CT molecular complexity index is 1140. The van der Waals surface area contributed by atoms with Crippen LogP contribution >= 0.6 is 0 Å². The molecular weight excluding hydrogens is 435 g/mol. The molecule has 1 aliphatic heterocycles. The minimum atomic E-state index is -0.581. The summed E-state index contributed by atoms with van der Waals surface area (Å²) >= 11 is 0. The SMILES string of the molecule is COc1ncc(F)cc1CN1CCO[C@@H](C(=O)N(Cc2ccc3ncccc3c2)CC(C)C)C1. The Balaban J connectivity index is 1.47. The summed E-state index contributed by atoms with van der Waals surface area (Å²) in [7, 11) is 1.52. The van der Waals surface area contributed by atoms with E-state index in [1.165, 1.54) is 13.2 Å².